The maximum Gasteiger partial charge on any atom is 0.257 e. The van der Waals surface area contributed by atoms with E-state index in [-0.39, 0.29) is 12.6 Å². The van der Waals surface area contributed by atoms with Gasteiger partial charge in [0.25, 0.3) is 5.91 Å². The van der Waals surface area contributed by atoms with E-state index in [0.717, 1.165) is 49.3 Å². The molecule has 1 saturated heterocycles. The molecule has 0 spiro atoms. The van der Waals surface area contributed by atoms with Crippen molar-refractivity contribution in [2.75, 3.05) is 13.2 Å². The average molecular weight is 361 g/mol. The first-order chi connectivity index (χ1) is 12.6. The third-order valence-corrected chi connectivity index (χ3v) is 4.29. The van der Waals surface area contributed by atoms with E-state index >= 15 is 0 Å². The summed E-state index contributed by atoms with van der Waals surface area (Å²) in [4.78, 5) is 12.0. The zero-order valence-corrected chi connectivity index (χ0v) is 14.3. The molecule has 6 heteroatoms. The van der Waals surface area contributed by atoms with Gasteiger partial charge in [0, 0.05) is 19.8 Å². The number of rotatable bonds is 6. The van der Waals surface area contributed by atoms with Crippen molar-refractivity contribution in [2.45, 2.75) is 32.1 Å². The molecule has 0 radical (unpaired) electrons. The Balaban J connectivity index is 1.55. The molecular weight excluding hydrogens is 340 g/mol. The Bertz CT molecular complexity index is 740. The summed E-state index contributed by atoms with van der Waals surface area (Å²) in [5.74, 6) is -2.52. The Morgan fingerprint density at radius 3 is 2.46 bits per heavy atom. The van der Waals surface area contributed by atoms with E-state index in [2.05, 4.69) is 5.32 Å². The molecule has 0 aliphatic carbocycles. The molecule has 1 amide bonds. The summed E-state index contributed by atoms with van der Waals surface area (Å²) in [6, 6.07) is 10.9. The van der Waals surface area contributed by atoms with Crippen LogP contribution in [0.3, 0.4) is 0 Å². The number of halogens is 2. The summed E-state index contributed by atoms with van der Waals surface area (Å²) in [5, 5.41) is 2.55. The quantitative estimate of drug-likeness (QED) is 0.855. The lowest BCUT2D eigenvalue weighted by molar-refractivity contribution is -0.0390. The third kappa shape index (κ3) is 4.86. The predicted molar refractivity (Wildman–Crippen MR) is 92.6 cm³/mol. The van der Waals surface area contributed by atoms with Crippen LogP contribution < -0.4 is 5.32 Å². The third-order valence-electron chi connectivity index (χ3n) is 4.29. The van der Waals surface area contributed by atoms with Gasteiger partial charge in [-0.25, -0.2) is 8.78 Å². The lowest BCUT2D eigenvalue weighted by atomic mass is 10.1. The molecule has 0 atom stereocenters. The molecule has 138 valence electrons. The van der Waals surface area contributed by atoms with Crippen molar-refractivity contribution in [3.8, 4) is 0 Å². The van der Waals surface area contributed by atoms with E-state index in [0.29, 0.717) is 6.61 Å². The van der Waals surface area contributed by atoms with Gasteiger partial charge in [0.15, 0.2) is 0 Å². The Morgan fingerprint density at radius 1 is 1.08 bits per heavy atom. The van der Waals surface area contributed by atoms with Crippen LogP contribution in [0.1, 0.15) is 34.3 Å². The van der Waals surface area contributed by atoms with E-state index < -0.39 is 23.1 Å². The Labute approximate surface area is 151 Å². The average Bonchev–Trinajstić information content (AvgIpc) is 2.66. The minimum absolute atomic E-state index is 0.178. The fourth-order valence-electron chi connectivity index (χ4n) is 2.87. The molecule has 0 unspecified atom stereocenters. The summed E-state index contributed by atoms with van der Waals surface area (Å²) < 4.78 is 38.5. The summed E-state index contributed by atoms with van der Waals surface area (Å²) in [6.45, 7) is 2.11. The van der Waals surface area contributed by atoms with Crippen molar-refractivity contribution in [3.63, 3.8) is 0 Å². The monoisotopic (exact) mass is 361 g/mol. The van der Waals surface area contributed by atoms with Crippen molar-refractivity contribution in [3.05, 3.63) is 70.8 Å². The van der Waals surface area contributed by atoms with E-state index in [1.54, 1.807) is 0 Å². The van der Waals surface area contributed by atoms with Gasteiger partial charge in [-0.2, -0.15) is 0 Å². The van der Waals surface area contributed by atoms with Crippen molar-refractivity contribution in [2.24, 2.45) is 0 Å². The van der Waals surface area contributed by atoms with Crippen LogP contribution >= 0.6 is 0 Å². The van der Waals surface area contributed by atoms with Crippen molar-refractivity contribution >= 4 is 5.91 Å². The molecule has 1 aliphatic rings. The van der Waals surface area contributed by atoms with Crippen molar-refractivity contribution in [1.29, 1.82) is 0 Å². The molecule has 4 nitrogen and oxygen atoms in total. The fourth-order valence-corrected chi connectivity index (χ4v) is 2.87. The second-order valence-electron chi connectivity index (χ2n) is 6.22. The van der Waals surface area contributed by atoms with Gasteiger partial charge < -0.3 is 14.8 Å². The maximum absolute atomic E-state index is 13.6. The van der Waals surface area contributed by atoms with Crippen LogP contribution in [0.5, 0.6) is 0 Å². The molecule has 1 heterocycles. The van der Waals surface area contributed by atoms with Crippen molar-refractivity contribution < 1.29 is 23.0 Å². The van der Waals surface area contributed by atoms with E-state index in [1.807, 2.05) is 24.3 Å². The van der Waals surface area contributed by atoms with Crippen LogP contribution in [0.15, 0.2) is 42.5 Å². The van der Waals surface area contributed by atoms with Gasteiger partial charge in [-0.15, -0.1) is 0 Å². The van der Waals surface area contributed by atoms with Gasteiger partial charge in [0.1, 0.15) is 17.2 Å². The highest BCUT2D eigenvalue weighted by Gasteiger charge is 2.17. The minimum Gasteiger partial charge on any atom is -0.381 e. The van der Waals surface area contributed by atoms with Crippen LogP contribution in [0.2, 0.25) is 0 Å². The number of ether oxygens (including phenoxy) is 2. The largest absolute Gasteiger partial charge is 0.381 e. The molecule has 26 heavy (non-hydrogen) atoms. The summed E-state index contributed by atoms with van der Waals surface area (Å²) in [6.07, 6.45) is 1.99. The van der Waals surface area contributed by atoms with Crippen LogP contribution in [-0.2, 0) is 22.6 Å². The molecular formula is C20H21F2NO3. The highest BCUT2D eigenvalue weighted by Crippen LogP contribution is 2.15. The lowest BCUT2D eigenvalue weighted by Crippen LogP contribution is -2.25. The molecule has 1 N–H and O–H groups in total. The summed E-state index contributed by atoms with van der Waals surface area (Å²) >= 11 is 0. The van der Waals surface area contributed by atoms with E-state index in [9.17, 15) is 13.6 Å². The number of hydrogen-bond donors (Lipinski definition) is 1. The highest BCUT2D eigenvalue weighted by atomic mass is 19.1. The topological polar surface area (TPSA) is 47.6 Å². The summed E-state index contributed by atoms with van der Waals surface area (Å²) in [5.41, 5.74) is 1.26. The molecule has 0 saturated carbocycles. The van der Waals surface area contributed by atoms with Gasteiger partial charge in [0.05, 0.1) is 12.7 Å². The van der Waals surface area contributed by atoms with Crippen LogP contribution in [-0.4, -0.2) is 25.2 Å². The second-order valence-corrected chi connectivity index (χ2v) is 6.22. The number of amides is 1. The van der Waals surface area contributed by atoms with Gasteiger partial charge in [-0.05, 0) is 36.1 Å². The zero-order chi connectivity index (χ0) is 18.4. The fraction of sp³-hybridized carbons (Fsp3) is 0.350. The number of carbonyl (C=O) groups excluding carboxylic acids is 1. The van der Waals surface area contributed by atoms with Gasteiger partial charge in [-0.3, -0.25) is 4.79 Å². The smallest absolute Gasteiger partial charge is 0.257 e. The van der Waals surface area contributed by atoms with Gasteiger partial charge >= 0.3 is 0 Å². The van der Waals surface area contributed by atoms with Crippen molar-refractivity contribution in [1.82, 2.24) is 5.32 Å². The van der Waals surface area contributed by atoms with E-state index in [1.165, 1.54) is 6.07 Å². The Hall–Kier alpha value is -2.31. The lowest BCUT2D eigenvalue weighted by Gasteiger charge is -2.22. The molecule has 0 aromatic heterocycles. The molecule has 1 fully saturated rings. The molecule has 3 rings (SSSR count). The standard InChI is InChI=1S/C20H21F2NO3/c21-17-5-2-6-18(22)19(17)20(24)23-12-14-3-1-4-15(11-14)13-26-16-7-9-25-10-8-16/h1-6,11,16H,7-10,12-13H2,(H,23,24). The predicted octanol–water partition coefficient (Wildman–Crippen LogP) is 3.59. The zero-order valence-electron chi connectivity index (χ0n) is 14.3. The van der Waals surface area contributed by atoms with E-state index in [4.69, 9.17) is 9.47 Å². The maximum atomic E-state index is 13.6. The first-order valence-electron chi connectivity index (χ1n) is 8.63. The van der Waals surface area contributed by atoms with Gasteiger partial charge in [-0.1, -0.05) is 30.3 Å². The van der Waals surface area contributed by atoms with Crippen LogP contribution in [0.25, 0.3) is 0 Å². The SMILES string of the molecule is O=C(NCc1cccc(COC2CCOCC2)c1)c1c(F)cccc1F. The molecule has 0 bridgehead atoms. The minimum atomic E-state index is -0.874. The normalized spacial score (nSPS) is 15.0. The molecule has 2 aromatic carbocycles. The number of nitrogens with one attached hydrogen (secondary N) is 1. The van der Waals surface area contributed by atoms with Crippen LogP contribution in [0.4, 0.5) is 8.78 Å². The Morgan fingerprint density at radius 2 is 1.73 bits per heavy atom. The first-order valence-corrected chi connectivity index (χ1v) is 8.63. The number of benzene rings is 2. The van der Waals surface area contributed by atoms with Gasteiger partial charge in [0.2, 0.25) is 0 Å². The number of carbonyl (C=O) groups is 1. The number of hydrogen-bond acceptors (Lipinski definition) is 3. The molecule has 1 aliphatic heterocycles. The van der Waals surface area contributed by atoms with Crippen LogP contribution in [0, 0.1) is 11.6 Å². The summed E-state index contributed by atoms with van der Waals surface area (Å²) in [7, 11) is 0. The first kappa shape index (κ1) is 18.5. The highest BCUT2D eigenvalue weighted by molar-refractivity contribution is 5.94. The molecule has 2 aromatic rings. The Kier molecular flexibility index (Phi) is 6.30. The second kappa shape index (κ2) is 8.87.